The summed E-state index contributed by atoms with van der Waals surface area (Å²) in [5.41, 5.74) is 3.44. The summed E-state index contributed by atoms with van der Waals surface area (Å²) in [7, 11) is -3.84. The van der Waals surface area contributed by atoms with E-state index in [1.54, 1.807) is 17.5 Å². The van der Waals surface area contributed by atoms with Gasteiger partial charge in [-0.1, -0.05) is 30.3 Å². The van der Waals surface area contributed by atoms with Crippen LogP contribution in [0, 0.1) is 11.3 Å². The van der Waals surface area contributed by atoms with Crippen LogP contribution < -0.4 is 5.32 Å². The molecule has 0 spiro atoms. The van der Waals surface area contributed by atoms with Gasteiger partial charge in [-0.25, -0.2) is 8.42 Å². The first-order valence-electron chi connectivity index (χ1n) is 10.5. The Hall–Kier alpha value is -2.51. The number of nitriles is 1. The molecule has 0 saturated carbocycles. The SMILES string of the molecule is N#Cc1c(NC(=O)[C@@H]2Cc3ccccc3CN2S(=O)(=O)c2cccs2)sc2c1CCCC2. The Labute approximate surface area is 195 Å². The number of benzene rings is 1. The Balaban J connectivity index is 1.51. The number of anilines is 1. The van der Waals surface area contributed by atoms with E-state index in [0.717, 1.165) is 58.6 Å². The molecule has 3 aromatic rings. The van der Waals surface area contributed by atoms with Gasteiger partial charge in [0.15, 0.2) is 0 Å². The second-order valence-corrected chi connectivity index (χ2v) is 12.2. The normalized spacial score (nSPS) is 18.4. The summed E-state index contributed by atoms with van der Waals surface area (Å²) >= 11 is 2.60. The Kier molecular flexibility index (Phi) is 5.63. The minimum atomic E-state index is -3.84. The van der Waals surface area contributed by atoms with Crippen LogP contribution in [-0.2, 0) is 40.6 Å². The maximum absolute atomic E-state index is 13.5. The predicted octanol–water partition coefficient (Wildman–Crippen LogP) is 4.31. The zero-order valence-electron chi connectivity index (χ0n) is 17.2. The van der Waals surface area contributed by atoms with Gasteiger partial charge in [0, 0.05) is 11.4 Å². The van der Waals surface area contributed by atoms with E-state index in [1.807, 2.05) is 24.3 Å². The second-order valence-electron chi connectivity index (χ2n) is 7.99. The highest BCUT2D eigenvalue weighted by atomic mass is 32.2. The van der Waals surface area contributed by atoms with Crippen molar-refractivity contribution in [2.24, 2.45) is 0 Å². The third-order valence-corrected chi connectivity index (χ3v) is 10.5. The summed E-state index contributed by atoms with van der Waals surface area (Å²) in [5.74, 6) is -0.394. The lowest BCUT2D eigenvalue weighted by Crippen LogP contribution is -2.50. The number of thiophene rings is 2. The van der Waals surface area contributed by atoms with Crippen molar-refractivity contribution in [3.8, 4) is 6.07 Å². The molecule has 0 radical (unpaired) electrons. The highest BCUT2D eigenvalue weighted by Gasteiger charge is 2.40. The van der Waals surface area contributed by atoms with Gasteiger partial charge in [-0.2, -0.15) is 9.57 Å². The number of nitrogens with one attached hydrogen (secondary N) is 1. The van der Waals surface area contributed by atoms with Crippen LogP contribution in [0.2, 0.25) is 0 Å². The summed E-state index contributed by atoms with van der Waals surface area (Å²) < 4.78 is 28.4. The number of hydrogen-bond acceptors (Lipinski definition) is 6. The third kappa shape index (κ3) is 3.67. The molecule has 1 aliphatic heterocycles. The minimum absolute atomic E-state index is 0.139. The number of carbonyl (C=O) groups is 1. The summed E-state index contributed by atoms with van der Waals surface area (Å²) in [5, 5.41) is 14.9. The number of rotatable bonds is 4. The molecule has 3 heterocycles. The average Bonchev–Trinajstić information content (AvgIpc) is 3.46. The van der Waals surface area contributed by atoms with E-state index in [4.69, 9.17) is 0 Å². The van der Waals surface area contributed by atoms with Crippen LogP contribution in [0.3, 0.4) is 0 Å². The number of fused-ring (bicyclic) bond motifs is 2. The highest BCUT2D eigenvalue weighted by molar-refractivity contribution is 7.91. The molecule has 9 heteroatoms. The number of hydrogen-bond donors (Lipinski definition) is 1. The maximum Gasteiger partial charge on any atom is 0.253 e. The first-order valence-corrected chi connectivity index (χ1v) is 13.6. The first kappa shape index (κ1) is 21.3. The van der Waals surface area contributed by atoms with E-state index in [-0.39, 0.29) is 10.8 Å². The fraction of sp³-hybridized carbons (Fsp3) is 0.304. The Morgan fingerprint density at radius 1 is 1.12 bits per heavy atom. The number of amides is 1. The second kappa shape index (κ2) is 8.45. The molecule has 2 aliphatic rings. The van der Waals surface area contributed by atoms with Gasteiger partial charge in [-0.3, -0.25) is 4.79 Å². The van der Waals surface area contributed by atoms with Gasteiger partial charge in [-0.05, 0) is 60.2 Å². The molecule has 2 aromatic heterocycles. The van der Waals surface area contributed by atoms with E-state index in [1.165, 1.54) is 15.6 Å². The molecule has 0 unspecified atom stereocenters. The molecule has 1 N–H and O–H groups in total. The number of aryl methyl sites for hydroxylation is 1. The van der Waals surface area contributed by atoms with Crippen LogP contribution in [0.25, 0.3) is 0 Å². The van der Waals surface area contributed by atoms with Gasteiger partial charge < -0.3 is 5.32 Å². The summed E-state index contributed by atoms with van der Waals surface area (Å²) in [6.45, 7) is 0.139. The molecule has 1 aromatic carbocycles. The molecule has 1 atom stereocenters. The molecule has 1 amide bonds. The van der Waals surface area contributed by atoms with Crippen LogP contribution in [0.15, 0.2) is 46.0 Å². The van der Waals surface area contributed by atoms with Crippen molar-refractivity contribution < 1.29 is 13.2 Å². The van der Waals surface area contributed by atoms with Gasteiger partial charge in [0.25, 0.3) is 10.0 Å². The Morgan fingerprint density at radius 2 is 1.91 bits per heavy atom. The van der Waals surface area contributed by atoms with Crippen molar-refractivity contribution in [1.29, 1.82) is 5.26 Å². The molecule has 0 bridgehead atoms. The fourth-order valence-corrected chi connectivity index (χ4v) is 8.40. The lowest BCUT2D eigenvalue weighted by molar-refractivity contribution is -0.120. The van der Waals surface area contributed by atoms with Crippen LogP contribution >= 0.6 is 22.7 Å². The fourth-order valence-electron chi connectivity index (χ4n) is 4.47. The summed E-state index contributed by atoms with van der Waals surface area (Å²) in [6, 6.07) is 12.3. The predicted molar refractivity (Wildman–Crippen MR) is 125 cm³/mol. The first-order chi connectivity index (χ1) is 15.5. The third-order valence-electron chi connectivity index (χ3n) is 6.09. The summed E-state index contributed by atoms with van der Waals surface area (Å²) in [6.07, 6.45) is 4.18. The number of sulfonamides is 1. The van der Waals surface area contributed by atoms with E-state index < -0.39 is 22.0 Å². The van der Waals surface area contributed by atoms with Crippen LogP contribution in [0.5, 0.6) is 0 Å². The van der Waals surface area contributed by atoms with Gasteiger partial charge >= 0.3 is 0 Å². The van der Waals surface area contributed by atoms with E-state index in [2.05, 4.69) is 11.4 Å². The van der Waals surface area contributed by atoms with Crippen molar-refractivity contribution in [3.05, 3.63) is 68.9 Å². The quantitative estimate of drug-likeness (QED) is 0.599. The smallest absolute Gasteiger partial charge is 0.253 e. The van der Waals surface area contributed by atoms with Crippen molar-refractivity contribution in [3.63, 3.8) is 0 Å². The topological polar surface area (TPSA) is 90.3 Å². The lowest BCUT2D eigenvalue weighted by atomic mass is 9.95. The molecule has 0 saturated heterocycles. The zero-order valence-corrected chi connectivity index (χ0v) is 19.7. The van der Waals surface area contributed by atoms with Crippen molar-refractivity contribution in [2.45, 2.75) is 48.9 Å². The standard InChI is InChI=1S/C23H21N3O3S3/c24-13-18-17-8-3-4-9-20(17)31-23(18)25-22(27)19-12-15-6-1-2-7-16(15)14-26(19)32(28,29)21-10-5-11-30-21/h1-2,5-7,10-11,19H,3-4,8-9,12,14H2,(H,25,27)/t19-/m0/s1. The van der Waals surface area contributed by atoms with E-state index in [9.17, 15) is 18.5 Å². The molecule has 5 rings (SSSR count). The number of nitrogens with zero attached hydrogens (tertiary/aromatic N) is 2. The molecule has 32 heavy (non-hydrogen) atoms. The highest BCUT2D eigenvalue weighted by Crippen LogP contribution is 2.38. The maximum atomic E-state index is 13.5. The van der Waals surface area contributed by atoms with E-state index in [0.29, 0.717) is 17.0 Å². The zero-order chi connectivity index (χ0) is 22.3. The van der Waals surface area contributed by atoms with Gasteiger partial charge in [0.05, 0.1) is 5.56 Å². The molecule has 0 fully saturated rings. The molecule has 164 valence electrons. The molecular weight excluding hydrogens is 462 g/mol. The lowest BCUT2D eigenvalue weighted by Gasteiger charge is -2.34. The van der Waals surface area contributed by atoms with E-state index >= 15 is 0 Å². The van der Waals surface area contributed by atoms with Gasteiger partial charge in [0.2, 0.25) is 5.91 Å². The van der Waals surface area contributed by atoms with Crippen LogP contribution in [0.4, 0.5) is 5.00 Å². The number of carbonyl (C=O) groups excluding carboxylic acids is 1. The van der Waals surface area contributed by atoms with Crippen LogP contribution in [0.1, 0.15) is 40.0 Å². The Morgan fingerprint density at radius 3 is 2.66 bits per heavy atom. The monoisotopic (exact) mass is 483 g/mol. The van der Waals surface area contributed by atoms with Crippen molar-refractivity contribution >= 4 is 43.6 Å². The molecular formula is C23H21N3O3S3. The average molecular weight is 484 g/mol. The largest absolute Gasteiger partial charge is 0.315 e. The van der Waals surface area contributed by atoms with Gasteiger partial charge in [0.1, 0.15) is 21.3 Å². The Bertz CT molecular complexity index is 1320. The van der Waals surface area contributed by atoms with Crippen molar-refractivity contribution in [1.82, 2.24) is 4.31 Å². The summed E-state index contributed by atoms with van der Waals surface area (Å²) in [4.78, 5) is 14.6. The minimum Gasteiger partial charge on any atom is -0.315 e. The molecule has 1 aliphatic carbocycles. The molecule has 6 nitrogen and oxygen atoms in total. The van der Waals surface area contributed by atoms with Crippen molar-refractivity contribution in [2.75, 3.05) is 5.32 Å². The van der Waals surface area contributed by atoms with Gasteiger partial charge in [-0.15, -0.1) is 22.7 Å². The van der Waals surface area contributed by atoms with Crippen LogP contribution in [-0.4, -0.2) is 24.7 Å².